The van der Waals surface area contributed by atoms with Crippen molar-refractivity contribution in [1.82, 2.24) is 29.4 Å². The molecule has 114 valence electrons. The second-order valence-corrected chi connectivity index (χ2v) is 6.03. The molecule has 3 rings (SSSR count). The van der Waals surface area contributed by atoms with Crippen molar-refractivity contribution in [2.75, 3.05) is 0 Å². The molecule has 0 atom stereocenters. The van der Waals surface area contributed by atoms with Crippen molar-refractivity contribution in [3.8, 4) is 11.5 Å². The number of rotatable bonds is 3. The molecule has 2 N–H and O–H groups in total. The Labute approximate surface area is 127 Å². The van der Waals surface area contributed by atoms with E-state index in [0.717, 1.165) is 5.65 Å². The average molecular weight is 299 g/mol. The first kappa shape index (κ1) is 14.2. The number of nitrogens with zero attached hydrogens (tertiary/aromatic N) is 6. The minimum absolute atomic E-state index is 0.00169. The summed E-state index contributed by atoms with van der Waals surface area (Å²) in [7, 11) is 0. The summed E-state index contributed by atoms with van der Waals surface area (Å²) < 4.78 is 3.43. The lowest BCUT2D eigenvalue weighted by molar-refractivity contribution is -0.117. The quantitative estimate of drug-likeness (QED) is 0.769. The first-order chi connectivity index (χ1) is 10.3. The highest BCUT2D eigenvalue weighted by atomic mass is 16.1. The van der Waals surface area contributed by atoms with Gasteiger partial charge in [0.2, 0.25) is 5.91 Å². The third kappa shape index (κ3) is 2.54. The van der Waals surface area contributed by atoms with Crippen LogP contribution in [-0.2, 0) is 16.8 Å². The summed E-state index contributed by atoms with van der Waals surface area (Å²) in [5, 5.41) is 8.87. The van der Waals surface area contributed by atoms with Crippen LogP contribution in [0.4, 0.5) is 0 Å². The van der Waals surface area contributed by atoms with Gasteiger partial charge in [-0.1, -0.05) is 0 Å². The predicted molar refractivity (Wildman–Crippen MR) is 79.9 cm³/mol. The SMILES string of the molecule is CC(C)(C)n1nc(CC(N)=O)nc1-c1cc2ncccn2n1. The third-order valence-corrected chi connectivity index (χ3v) is 3.08. The van der Waals surface area contributed by atoms with Crippen LogP contribution in [0.3, 0.4) is 0 Å². The van der Waals surface area contributed by atoms with E-state index in [9.17, 15) is 4.79 Å². The monoisotopic (exact) mass is 299 g/mol. The first-order valence-corrected chi connectivity index (χ1v) is 6.90. The Hall–Kier alpha value is -2.77. The van der Waals surface area contributed by atoms with E-state index in [0.29, 0.717) is 17.3 Å². The second-order valence-electron chi connectivity index (χ2n) is 6.03. The molecule has 8 heteroatoms. The molecule has 0 bridgehead atoms. The molecule has 0 spiro atoms. The Kier molecular flexibility index (Phi) is 3.16. The molecule has 0 unspecified atom stereocenters. The van der Waals surface area contributed by atoms with Gasteiger partial charge in [-0.25, -0.2) is 19.2 Å². The Bertz CT molecular complexity index is 807. The Morgan fingerprint density at radius 2 is 2.09 bits per heavy atom. The number of primary amides is 1. The van der Waals surface area contributed by atoms with Gasteiger partial charge in [0.15, 0.2) is 17.3 Å². The van der Waals surface area contributed by atoms with Crippen LogP contribution in [-0.4, -0.2) is 35.3 Å². The first-order valence-electron chi connectivity index (χ1n) is 6.90. The van der Waals surface area contributed by atoms with Crippen LogP contribution in [0.15, 0.2) is 24.5 Å². The van der Waals surface area contributed by atoms with Crippen LogP contribution in [0, 0.1) is 0 Å². The molecule has 0 aliphatic carbocycles. The maximum atomic E-state index is 11.1. The Morgan fingerprint density at radius 3 is 2.73 bits per heavy atom. The van der Waals surface area contributed by atoms with Gasteiger partial charge in [0.05, 0.1) is 12.0 Å². The maximum Gasteiger partial charge on any atom is 0.225 e. The highest BCUT2D eigenvalue weighted by molar-refractivity contribution is 5.75. The molecule has 0 aromatic carbocycles. The molecule has 0 fully saturated rings. The van der Waals surface area contributed by atoms with Crippen molar-refractivity contribution in [2.45, 2.75) is 32.7 Å². The number of hydrogen-bond donors (Lipinski definition) is 1. The van der Waals surface area contributed by atoms with Crippen molar-refractivity contribution in [1.29, 1.82) is 0 Å². The van der Waals surface area contributed by atoms with Crippen LogP contribution < -0.4 is 5.73 Å². The number of carbonyl (C=O) groups is 1. The summed E-state index contributed by atoms with van der Waals surface area (Å²) in [5.41, 5.74) is 6.30. The van der Waals surface area contributed by atoms with E-state index in [1.807, 2.05) is 33.0 Å². The molecular formula is C14H17N7O. The number of nitrogens with two attached hydrogens (primary N) is 1. The van der Waals surface area contributed by atoms with Crippen molar-refractivity contribution in [3.05, 3.63) is 30.4 Å². The number of carbonyl (C=O) groups excluding carboxylic acids is 1. The number of amides is 1. The summed E-state index contributed by atoms with van der Waals surface area (Å²) in [6, 6.07) is 3.64. The summed E-state index contributed by atoms with van der Waals surface area (Å²) in [5.74, 6) is 0.519. The van der Waals surface area contributed by atoms with Crippen LogP contribution in [0.2, 0.25) is 0 Å². The van der Waals surface area contributed by atoms with Crippen LogP contribution >= 0.6 is 0 Å². The lowest BCUT2D eigenvalue weighted by Gasteiger charge is -2.20. The smallest absolute Gasteiger partial charge is 0.225 e. The Balaban J connectivity index is 2.15. The second kappa shape index (κ2) is 4.90. The molecule has 0 aliphatic rings. The minimum Gasteiger partial charge on any atom is -0.369 e. The summed E-state index contributed by atoms with van der Waals surface area (Å²) >= 11 is 0. The van der Waals surface area contributed by atoms with Gasteiger partial charge in [0.25, 0.3) is 0 Å². The van der Waals surface area contributed by atoms with E-state index < -0.39 is 5.91 Å². The van der Waals surface area contributed by atoms with E-state index in [2.05, 4.69) is 20.2 Å². The lowest BCUT2D eigenvalue weighted by Crippen LogP contribution is -2.24. The van der Waals surface area contributed by atoms with Gasteiger partial charge in [-0.3, -0.25) is 4.79 Å². The van der Waals surface area contributed by atoms with Gasteiger partial charge in [-0.2, -0.15) is 10.2 Å². The van der Waals surface area contributed by atoms with Gasteiger partial charge in [0, 0.05) is 18.5 Å². The molecule has 8 nitrogen and oxygen atoms in total. The molecule has 0 aliphatic heterocycles. The van der Waals surface area contributed by atoms with E-state index in [1.165, 1.54) is 0 Å². The van der Waals surface area contributed by atoms with Gasteiger partial charge in [-0.15, -0.1) is 0 Å². The summed E-state index contributed by atoms with van der Waals surface area (Å²) in [4.78, 5) is 19.8. The predicted octanol–water partition coefficient (Wildman–Crippen LogP) is 0.771. The van der Waals surface area contributed by atoms with Crippen molar-refractivity contribution >= 4 is 11.6 Å². The van der Waals surface area contributed by atoms with E-state index in [1.54, 1.807) is 21.5 Å². The van der Waals surface area contributed by atoms with Crippen LogP contribution in [0.25, 0.3) is 17.2 Å². The normalized spacial score (nSPS) is 12.0. The van der Waals surface area contributed by atoms with E-state index >= 15 is 0 Å². The zero-order valence-corrected chi connectivity index (χ0v) is 12.7. The number of hydrogen-bond acceptors (Lipinski definition) is 5. The third-order valence-electron chi connectivity index (χ3n) is 3.08. The van der Waals surface area contributed by atoms with Crippen LogP contribution in [0.1, 0.15) is 26.6 Å². The fraction of sp³-hybridized carbons (Fsp3) is 0.357. The largest absolute Gasteiger partial charge is 0.369 e. The lowest BCUT2D eigenvalue weighted by atomic mass is 10.1. The van der Waals surface area contributed by atoms with Crippen molar-refractivity contribution in [2.24, 2.45) is 5.73 Å². The topological polar surface area (TPSA) is 104 Å². The molecule has 0 saturated heterocycles. The average Bonchev–Trinajstić information content (AvgIpc) is 3.00. The Morgan fingerprint density at radius 1 is 1.32 bits per heavy atom. The van der Waals surface area contributed by atoms with E-state index in [-0.39, 0.29) is 12.0 Å². The molecule has 0 saturated carbocycles. The molecule has 3 heterocycles. The van der Waals surface area contributed by atoms with E-state index in [4.69, 9.17) is 5.73 Å². The molecule has 3 aromatic heterocycles. The van der Waals surface area contributed by atoms with Crippen LogP contribution in [0.5, 0.6) is 0 Å². The van der Waals surface area contributed by atoms with Crippen molar-refractivity contribution < 1.29 is 4.79 Å². The standard InChI is InChI=1S/C14H17N7O/c1-14(2,3)21-13(17-11(19-21)8-10(15)22)9-7-12-16-5-4-6-20(12)18-9/h4-7H,8H2,1-3H3,(H2,15,22). The highest BCUT2D eigenvalue weighted by Crippen LogP contribution is 2.23. The van der Waals surface area contributed by atoms with Crippen molar-refractivity contribution in [3.63, 3.8) is 0 Å². The minimum atomic E-state index is -0.464. The number of fused-ring (bicyclic) bond motifs is 1. The summed E-state index contributed by atoms with van der Waals surface area (Å²) in [6.07, 6.45) is 3.52. The summed E-state index contributed by atoms with van der Waals surface area (Å²) in [6.45, 7) is 6.02. The zero-order chi connectivity index (χ0) is 15.9. The molecule has 1 amide bonds. The van der Waals surface area contributed by atoms with Gasteiger partial charge in [0.1, 0.15) is 5.69 Å². The van der Waals surface area contributed by atoms with Gasteiger partial charge < -0.3 is 5.73 Å². The molecule has 22 heavy (non-hydrogen) atoms. The fourth-order valence-corrected chi connectivity index (χ4v) is 2.16. The molecule has 0 radical (unpaired) electrons. The van der Waals surface area contributed by atoms with Gasteiger partial charge >= 0.3 is 0 Å². The zero-order valence-electron chi connectivity index (χ0n) is 12.7. The maximum absolute atomic E-state index is 11.1. The van der Waals surface area contributed by atoms with Gasteiger partial charge in [-0.05, 0) is 26.8 Å². The highest BCUT2D eigenvalue weighted by Gasteiger charge is 2.24. The molecular weight excluding hydrogens is 282 g/mol. The molecule has 3 aromatic rings. The fourth-order valence-electron chi connectivity index (χ4n) is 2.16. The number of aromatic nitrogens is 6.